The molecule has 0 spiro atoms. The van der Waals surface area contributed by atoms with Gasteiger partial charge in [0.1, 0.15) is 22.7 Å². The number of hydrogen-bond donors (Lipinski definition) is 0. The van der Waals surface area contributed by atoms with Crippen molar-refractivity contribution >= 4 is 20.6 Å². The van der Waals surface area contributed by atoms with Gasteiger partial charge in [0.15, 0.2) is 6.10 Å². The second-order valence-electron chi connectivity index (χ2n) is 3.39. The van der Waals surface area contributed by atoms with Crippen LogP contribution in [0, 0.1) is 0 Å². The standard InChI is InChI=1S/C11H12BrNO3/c1-14-8-3-2-4-9(5-8)15-7-10-6-11(12)13-16-10/h2-5,10H,6-7H2,1H3/t10-/m1/s1. The van der Waals surface area contributed by atoms with Crippen molar-refractivity contribution in [3.63, 3.8) is 0 Å². The van der Waals surface area contributed by atoms with Gasteiger partial charge in [-0.3, -0.25) is 0 Å². The van der Waals surface area contributed by atoms with Crippen molar-refractivity contribution in [1.82, 2.24) is 0 Å². The molecule has 0 aromatic heterocycles. The SMILES string of the molecule is COc1cccc(OC[C@H]2CC(Br)=NO2)c1. The Morgan fingerprint density at radius 1 is 1.50 bits per heavy atom. The monoisotopic (exact) mass is 285 g/mol. The van der Waals surface area contributed by atoms with E-state index in [1.54, 1.807) is 7.11 Å². The van der Waals surface area contributed by atoms with Gasteiger partial charge in [0, 0.05) is 12.5 Å². The quantitative estimate of drug-likeness (QED) is 0.854. The Kier molecular flexibility index (Phi) is 3.66. The van der Waals surface area contributed by atoms with Crippen molar-refractivity contribution in [2.45, 2.75) is 12.5 Å². The van der Waals surface area contributed by atoms with Gasteiger partial charge in [-0.2, -0.15) is 0 Å². The molecule has 1 aromatic rings. The average Bonchev–Trinajstić information content (AvgIpc) is 2.73. The van der Waals surface area contributed by atoms with E-state index in [2.05, 4.69) is 21.1 Å². The van der Waals surface area contributed by atoms with Crippen LogP contribution in [0.4, 0.5) is 0 Å². The summed E-state index contributed by atoms with van der Waals surface area (Å²) in [6.07, 6.45) is 0.741. The Labute approximate surface area is 102 Å². The van der Waals surface area contributed by atoms with Crippen LogP contribution in [0.1, 0.15) is 6.42 Å². The third-order valence-corrected chi connectivity index (χ3v) is 2.64. The lowest BCUT2D eigenvalue weighted by Gasteiger charge is -2.10. The van der Waals surface area contributed by atoms with Crippen LogP contribution < -0.4 is 9.47 Å². The first-order valence-corrected chi connectivity index (χ1v) is 5.72. The van der Waals surface area contributed by atoms with E-state index in [0.29, 0.717) is 6.61 Å². The molecule has 1 heterocycles. The van der Waals surface area contributed by atoms with Gasteiger partial charge in [-0.25, -0.2) is 0 Å². The molecule has 1 aliphatic heterocycles. The summed E-state index contributed by atoms with van der Waals surface area (Å²) in [7, 11) is 1.63. The number of halogens is 1. The van der Waals surface area contributed by atoms with Gasteiger partial charge in [-0.05, 0) is 28.1 Å². The highest BCUT2D eigenvalue weighted by Gasteiger charge is 2.19. The smallest absolute Gasteiger partial charge is 0.167 e. The van der Waals surface area contributed by atoms with Crippen molar-refractivity contribution in [2.24, 2.45) is 5.16 Å². The Bertz CT molecular complexity index is 395. The lowest BCUT2D eigenvalue weighted by atomic mass is 10.3. The van der Waals surface area contributed by atoms with Gasteiger partial charge in [0.05, 0.1) is 7.11 Å². The van der Waals surface area contributed by atoms with Gasteiger partial charge in [-0.1, -0.05) is 11.2 Å². The average molecular weight is 286 g/mol. The highest BCUT2D eigenvalue weighted by Crippen LogP contribution is 2.20. The van der Waals surface area contributed by atoms with E-state index in [4.69, 9.17) is 14.3 Å². The molecule has 4 nitrogen and oxygen atoms in total. The molecule has 0 unspecified atom stereocenters. The third kappa shape index (κ3) is 2.88. The number of methoxy groups -OCH3 is 1. The summed E-state index contributed by atoms with van der Waals surface area (Å²) in [6.45, 7) is 0.478. The Morgan fingerprint density at radius 2 is 2.31 bits per heavy atom. The minimum absolute atomic E-state index is 0.0134. The maximum absolute atomic E-state index is 5.58. The molecule has 0 fully saturated rings. The zero-order valence-corrected chi connectivity index (χ0v) is 10.4. The maximum Gasteiger partial charge on any atom is 0.167 e. The van der Waals surface area contributed by atoms with E-state index in [-0.39, 0.29) is 6.10 Å². The van der Waals surface area contributed by atoms with E-state index in [0.717, 1.165) is 22.5 Å². The number of rotatable bonds is 4. The number of hydrogen-bond acceptors (Lipinski definition) is 4. The van der Waals surface area contributed by atoms with Crippen molar-refractivity contribution in [2.75, 3.05) is 13.7 Å². The summed E-state index contributed by atoms with van der Waals surface area (Å²) >= 11 is 3.28. The highest BCUT2D eigenvalue weighted by atomic mass is 79.9. The van der Waals surface area contributed by atoms with E-state index >= 15 is 0 Å². The van der Waals surface area contributed by atoms with Gasteiger partial charge >= 0.3 is 0 Å². The lowest BCUT2D eigenvalue weighted by Crippen LogP contribution is -2.17. The first-order chi connectivity index (χ1) is 7.78. The fourth-order valence-corrected chi connectivity index (χ4v) is 1.81. The number of oxime groups is 1. The predicted octanol–water partition coefficient (Wildman–Crippen LogP) is 2.57. The summed E-state index contributed by atoms with van der Waals surface area (Å²) in [6, 6.07) is 7.48. The molecule has 5 heteroatoms. The first-order valence-electron chi connectivity index (χ1n) is 4.93. The van der Waals surface area contributed by atoms with Gasteiger partial charge in [0.25, 0.3) is 0 Å². The molecule has 86 valence electrons. The van der Waals surface area contributed by atoms with Crippen molar-refractivity contribution in [1.29, 1.82) is 0 Å². The van der Waals surface area contributed by atoms with Crippen LogP contribution in [-0.4, -0.2) is 24.4 Å². The lowest BCUT2D eigenvalue weighted by molar-refractivity contribution is 0.0470. The van der Waals surface area contributed by atoms with E-state index in [9.17, 15) is 0 Å². The van der Waals surface area contributed by atoms with Crippen LogP contribution in [0.2, 0.25) is 0 Å². The summed E-state index contributed by atoms with van der Waals surface area (Å²) in [5.74, 6) is 1.55. The fraction of sp³-hybridized carbons (Fsp3) is 0.364. The molecule has 16 heavy (non-hydrogen) atoms. The Morgan fingerprint density at radius 3 is 3.00 bits per heavy atom. The Balaban J connectivity index is 1.85. The zero-order chi connectivity index (χ0) is 11.4. The fourth-order valence-electron chi connectivity index (χ4n) is 1.36. The zero-order valence-electron chi connectivity index (χ0n) is 8.85. The topological polar surface area (TPSA) is 40.0 Å². The van der Waals surface area contributed by atoms with Crippen molar-refractivity contribution in [3.8, 4) is 11.5 Å². The molecular formula is C11H12BrNO3. The summed E-state index contributed by atoms with van der Waals surface area (Å²) < 4.78 is 11.5. The highest BCUT2D eigenvalue weighted by molar-refractivity contribution is 9.18. The molecule has 2 rings (SSSR count). The molecule has 0 amide bonds. The summed E-state index contributed by atoms with van der Waals surface area (Å²) in [4.78, 5) is 5.13. The molecule has 0 bridgehead atoms. The largest absolute Gasteiger partial charge is 0.497 e. The molecule has 0 N–H and O–H groups in total. The second-order valence-corrected chi connectivity index (χ2v) is 4.30. The van der Waals surface area contributed by atoms with Crippen LogP contribution in [0.25, 0.3) is 0 Å². The van der Waals surface area contributed by atoms with Crippen LogP contribution in [-0.2, 0) is 4.84 Å². The summed E-state index contributed by atoms with van der Waals surface area (Å²) in [5, 5.41) is 3.79. The number of nitrogens with zero attached hydrogens (tertiary/aromatic N) is 1. The van der Waals surface area contributed by atoms with Crippen LogP contribution >= 0.6 is 15.9 Å². The molecule has 0 aliphatic carbocycles. The molecule has 0 saturated heterocycles. The summed E-state index contributed by atoms with van der Waals surface area (Å²) in [5.41, 5.74) is 0. The molecule has 0 radical (unpaired) electrons. The van der Waals surface area contributed by atoms with E-state index in [1.807, 2.05) is 24.3 Å². The normalized spacial score (nSPS) is 18.9. The molecule has 1 aliphatic rings. The molecule has 1 aromatic carbocycles. The van der Waals surface area contributed by atoms with E-state index in [1.165, 1.54) is 0 Å². The van der Waals surface area contributed by atoms with Gasteiger partial charge in [0.2, 0.25) is 0 Å². The number of ether oxygens (including phenoxy) is 2. The Hall–Kier alpha value is -1.23. The third-order valence-electron chi connectivity index (χ3n) is 2.17. The van der Waals surface area contributed by atoms with Crippen LogP contribution in [0.5, 0.6) is 11.5 Å². The van der Waals surface area contributed by atoms with Crippen molar-refractivity contribution < 1.29 is 14.3 Å². The minimum atomic E-state index is -0.0134. The maximum atomic E-state index is 5.58. The first kappa shape index (κ1) is 11.3. The molecule has 0 saturated carbocycles. The number of benzene rings is 1. The molecular weight excluding hydrogens is 274 g/mol. The van der Waals surface area contributed by atoms with Crippen LogP contribution in [0.3, 0.4) is 0 Å². The van der Waals surface area contributed by atoms with Gasteiger partial charge in [-0.15, -0.1) is 0 Å². The predicted molar refractivity (Wildman–Crippen MR) is 64.3 cm³/mol. The minimum Gasteiger partial charge on any atom is -0.497 e. The molecule has 1 atom stereocenters. The second kappa shape index (κ2) is 5.21. The van der Waals surface area contributed by atoms with Crippen LogP contribution in [0.15, 0.2) is 29.4 Å². The van der Waals surface area contributed by atoms with Gasteiger partial charge < -0.3 is 14.3 Å². The van der Waals surface area contributed by atoms with E-state index < -0.39 is 0 Å². The van der Waals surface area contributed by atoms with Crippen molar-refractivity contribution in [3.05, 3.63) is 24.3 Å².